The number of phenolic OH excluding ortho intramolecular Hbond substituents is 1. The number of nitrogens with one attached hydrogen (secondary N) is 2. The highest BCUT2D eigenvalue weighted by atomic mass is 32.2. The largest absolute Gasteiger partial charge is 0.508 e. The van der Waals surface area contributed by atoms with Crippen molar-refractivity contribution in [2.75, 3.05) is 11.6 Å². The van der Waals surface area contributed by atoms with Crippen molar-refractivity contribution in [3.63, 3.8) is 0 Å². The molecule has 0 aromatic heterocycles. The molecule has 0 heterocycles. The van der Waals surface area contributed by atoms with Crippen molar-refractivity contribution < 1.29 is 14.7 Å². The summed E-state index contributed by atoms with van der Waals surface area (Å²) in [6.45, 7) is 0.0871. The van der Waals surface area contributed by atoms with Crippen LogP contribution in [0, 0.1) is 0 Å². The summed E-state index contributed by atoms with van der Waals surface area (Å²) in [5.74, 6) is -1.41. The summed E-state index contributed by atoms with van der Waals surface area (Å²) in [7, 11) is 0. The van der Waals surface area contributed by atoms with Crippen molar-refractivity contribution in [2.24, 2.45) is 0 Å². The molecule has 0 fully saturated rings. The van der Waals surface area contributed by atoms with Crippen molar-refractivity contribution in [3.05, 3.63) is 54.1 Å². The second kappa shape index (κ2) is 7.51. The van der Waals surface area contributed by atoms with Gasteiger partial charge >= 0.3 is 11.8 Å². The van der Waals surface area contributed by atoms with Gasteiger partial charge in [0.1, 0.15) is 5.75 Å². The molecule has 0 saturated carbocycles. The maximum Gasteiger partial charge on any atom is 0.313 e. The van der Waals surface area contributed by atoms with E-state index in [0.717, 1.165) is 4.90 Å². The standard InChI is InChI=1S/C16H16N2O3S/c1-22-13-7-4-6-12(9-13)18-16(21)15(20)17-10-11-5-2-3-8-14(11)19/h2-9,19H,10H2,1H3,(H,17,20)(H,18,21). The fourth-order valence-corrected chi connectivity index (χ4v) is 2.26. The van der Waals surface area contributed by atoms with E-state index in [0.29, 0.717) is 11.3 Å². The minimum Gasteiger partial charge on any atom is -0.508 e. The van der Waals surface area contributed by atoms with E-state index in [1.807, 2.05) is 12.3 Å². The Morgan fingerprint density at radius 1 is 1.09 bits per heavy atom. The molecule has 2 amide bonds. The summed E-state index contributed by atoms with van der Waals surface area (Å²) >= 11 is 1.55. The predicted molar refractivity (Wildman–Crippen MR) is 86.8 cm³/mol. The van der Waals surface area contributed by atoms with E-state index in [1.54, 1.807) is 48.2 Å². The summed E-state index contributed by atoms with van der Waals surface area (Å²) in [6.07, 6.45) is 1.93. The molecule has 0 spiro atoms. The third-order valence-electron chi connectivity index (χ3n) is 2.96. The van der Waals surface area contributed by atoms with Gasteiger partial charge in [-0.2, -0.15) is 0 Å². The first-order valence-electron chi connectivity index (χ1n) is 6.60. The van der Waals surface area contributed by atoms with Crippen LogP contribution in [0.4, 0.5) is 5.69 Å². The first-order valence-corrected chi connectivity index (χ1v) is 7.82. The maximum atomic E-state index is 11.8. The number of benzene rings is 2. The summed E-state index contributed by atoms with van der Waals surface area (Å²) < 4.78 is 0. The van der Waals surface area contributed by atoms with Crippen LogP contribution < -0.4 is 10.6 Å². The molecule has 0 aliphatic rings. The van der Waals surface area contributed by atoms with Gasteiger partial charge in [0, 0.05) is 22.7 Å². The molecule has 0 radical (unpaired) electrons. The fourth-order valence-electron chi connectivity index (χ4n) is 1.80. The zero-order chi connectivity index (χ0) is 15.9. The fraction of sp³-hybridized carbons (Fsp3) is 0.125. The van der Waals surface area contributed by atoms with E-state index in [2.05, 4.69) is 10.6 Å². The lowest BCUT2D eigenvalue weighted by atomic mass is 10.2. The molecule has 2 aromatic carbocycles. The average molecular weight is 316 g/mol. The normalized spacial score (nSPS) is 10.0. The number of hydrogen-bond acceptors (Lipinski definition) is 4. The van der Waals surface area contributed by atoms with Crippen LogP contribution in [-0.4, -0.2) is 23.2 Å². The monoisotopic (exact) mass is 316 g/mol. The van der Waals surface area contributed by atoms with Crippen LogP contribution in [0.3, 0.4) is 0 Å². The van der Waals surface area contributed by atoms with E-state index >= 15 is 0 Å². The first kappa shape index (κ1) is 15.9. The molecule has 0 aliphatic carbocycles. The molecule has 0 unspecified atom stereocenters. The topological polar surface area (TPSA) is 78.4 Å². The van der Waals surface area contributed by atoms with Crippen LogP contribution in [0.15, 0.2) is 53.4 Å². The minimum atomic E-state index is -0.752. The van der Waals surface area contributed by atoms with Gasteiger partial charge in [-0.1, -0.05) is 24.3 Å². The summed E-state index contributed by atoms with van der Waals surface area (Å²) in [5, 5.41) is 14.6. The van der Waals surface area contributed by atoms with Crippen molar-refractivity contribution in [2.45, 2.75) is 11.4 Å². The molecule has 2 aromatic rings. The Labute approximate surface area is 132 Å². The summed E-state index contributed by atoms with van der Waals surface area (Å²) in [5.41, 5.74) is 1.11. The van der Waals surface area contributed by atoms with Crippen LogP contribution in [0.5, 0.6) is 5.75 Å². The number of hydrogen-bond donors (Lipinski definition) is 3. The van der Waals surface area contributed by atoms with Gasteiger partial charge in [0.05, 0.1) is 0 Å². The number of rotatable bonds is 4. The number of phenols is 1. The van der Waals surface area contributed by atoms with Gasteiger partial charge in [-0.3, -0.25) is 9.59 Å². The van der Waals surface area contributed by atoms with Gasteiger partial charge in [0.2, 0.25) is 0 Å². The lowest BCUT2D eigenvalue weighted by Crippen LogP contribution is -2.34. The van der Waals surface area contributed by atoms with Gasteiger partial charge in [0.15, 0.2) is 0 Å². The molecule has 2 rings (SSSR count). The Kier molecular flexibility index (Phi) is 5.43. The number of thioether (sulfide) groups is 1. The van der Waals surface area contributed by atoms with Gasteiger partial charge in [-0.25, -0.2) is 0 Å². The van der Waals surface area contributed by atoms with E-state index < -0.39 is 11.8 Å². The molecule has 5 nitrogen and oxygen atoms in total. The van der Waals surface area contributed by atoms with Gasteiger partial charge < -0.3 is 15.7 Å². The van der Waals surface area contributed by atoms with Gasteiger partial charge in [0.25, 0.3) is 0 Å². The number of carbonyl (C=O) groups excluding carboxylic acids is 2. The molecule has 3 N–H and O–H groups in total. The summed E-state index contributed by atoms with van der Waals surface area (Å²) in [4.78, 5) is 24.6. The number of para-hydroxylation sites is 1. The predicted octanol–water partition coefficient (Wildman–Crippen LogP) is 2.37. The van der Waals surface area contributed by atoms with Crippen LogP contribution in [0.2, 0.25) is 0 Å². The number of carbonyl (C=O) groups is 2. The van der Waals surface area contributed by atoms with Crippen molar-refractivity contribution in [1.29, 1.82) is 0 Å². The van der Waals surface area contributed by atoms with Crippen molar-refractivity contribution in [3.8, 4) is 5.75 Å². The smallest absolute Gasteiger partial charge is 0.313 e. The van der Waals surface area contributed by atoms with E-state index in [-0.39, 0.29) is 12.3 Å². The first-order chi connectivity index (χ1) is 10.6. The van der Waals surface area contributed by atoms with Crippen LogP contribution in [-0.2, 0) is 16.1 Å². The van der Waals surface area contributed by atoms with E-state index in [4.69, 9.17) is 0 Å². The van der Waals surface area contributed by atoms with Crippen molar-refractivity contribution in [1.82, 2.24) is 5.32 Å². The molecule has 0 bridgehead atoms. The second-order valence-corrected chi connectivity index (χ2v) is 5.38. The number of amides is 2. The van der Waals surface area contributed by atoms with Gasteiger partial charge in [-0.05, 0) is 30.5 Å². The molecule has 114 valence electrons. The van der Waals surface area contributed by atoms with Crippen LogP contribution in [0.25, 0.3) is 0 Å². The molecule has 22 heavy (non-hydrogen) atoms. The Morgan fingerprint density at radius 3 is 2.59 bits per heavy atom. The Balaban J connectivity index is 1.92. The molecule has 0 atom stereocenters. The minimum absolute atomic E-state index is 0.0795. The molecule has 6 heteroatoms. The second-order valence-electron chi connectivity index (χ2n) is 4.50. The Morgan fingerprint density at radius 2 is 1.86 bits per heavy atom. The Hall–Kier alpha value is -2.47. The molecule has 0 saturated heterocycles. The highest BCUT2D eigenvalue weighted by Gasteiger charge is 2.14. The average Bonchev–Trinajstić information content (AvgIpc) is 2.54. The van der Waals surface area contributed by atoms with E-state index in [1.165, 1.54) is 6.07 Å². The van der Waals surface area contributed by atoms with E-state index in [9.17, 15) is 14.7 Å². The quantitative estimate of drug-likeness (QED) is 0.598. The lowest BCUT2D eigenvalue weighted by Gasteiger charge is -2.08. The molecule has 0 aliphatic heterocycles. The Bertz CT molecular complexity index is 689. The zero-order valence-corrected chi connectivity index (χ0v) is 12.8. The van der Waals surface area contributed by atoms with Crippen LogP contribution in [0.1, 0.15) is 5.56 Å². The third kappa shape index (κ3) is 4.26. The number of anilines is 1. The van der Waals surface area contributed by atoms with Crippen molar-refractivity contribution >= 4 is 29.3 Å². The van der Waals surface area contributed by atoms with Gasteiger partial charge in [-0.15, -0.1) is 11.8 Å². The zero-order valence-electron chi connectivity index (χ0n) is 12.0. The number of aromatic hydroxyl groups is 1. The highest BCUT2D eigenvalue weighted by molar-refractivity contribution is 7.98. The molecular formula is C16H16N2O3S. The SMILES string of the molecule is CSc1cccc(NC(=O)C(=O)NCc2ccccc2O)c1. The third-order valence-corrected chi connectivity index (χ3v) is 3.69. The lowest BCUT2D eigenvalue weighted by molar-refractivity contribution is -0.136. The van der Waals surface area contributed by atoms with Crippen LogP contribution >= 0.6 is 11.8 Å². The highest BCUT2D eigenvalue weighted by Crippen LogP contribution is 2.19. The summed E-state index contributed by atoms with van der Waals surface area (Å²) in [6, 6.07) is 13.9. The maximum absolute atomic E-state index is 11.8. The molecular weight excluding hydrogens is 300 g/mol.